The minimum absolute atomic E-state index is 0.0306. The molecule has 2 N–H and O–H groups in total. The second kappa shape index (κ2) is 9.15. The van der Waals surface area contributed by atoms with Crippen molar-refractivity contribution in [2.45, 2.75) is 24.6 Å². The molecule has 0 aliphatic carbocycles. The Balaban J connectivity index is 1.77. The van der Waals surface area contributed by atoms with E-state index in [0.29, 0.717) is 11.1 Å². The molecule has 1 heterocycles. The second-order valence-corrected chi connectivity index (χ2v) is 8.94. The molecule has 0 bridgehead atoms. The molecule has 1 aliphatic heterocycles. The number of ether oxygens (including phenoxy) is 1. The van der Waals surface area contributed by atoms with E-state index >= 15 is 0 Å². The molecule has 0 spiro atoms. The van der Waals surface area contributed by atoms with Crippen LogP contribution in [0.5, 0.6) is 5.75 Å². The normalized spacial score (nSPS) is 16.1. The summed E-state index contributed by atoms with van der Waals surface area (Å²) in [7, 11) is 1.42. The van der Waals surface area contributed by atoms with E-state index in [1.807, 2.05) is 0 Å². The van der Waals surface area contributed by atoms with Crippen LogP contribution in [-0.4, -0.2) is 41.9 Å². The van der Waals surface area contributed by atoms with Gasteiger partial charge in [0.25, 0.3) is 5.91 Å². The van der Waals surface area contributed by atoms with Crippen molar-refractivity contribution in [3.63, 3.8) is 0 Å². The SMILES string of the molecule is CC(c1ccc(-c2cccc(C(=O)O)c2)cc1Cl)C(O)(c1ccc2c(c1)N(C)C(=O)CO2)C(F)(F)F. The van der Waals surface area contributed by atoms with E-state index in [9.17, 15) is 33.0 Å². The summed E-state index contributed by atoms with van der Waals surface area (Å²) in [6.45, 7) is 0.977. The van der Waals surface area contributed by atoms with E-state index in [0.717, 1.165) is 12.1 Å². The zero-order chi connectivity index (χ0) is 26.4. The van der Waals surface area contributed by atoms with Gasteiger partial charge in [-0.05, 0) is 52.6 Å². The lowest BCUT2D eigenvalue weighted by molar-refractivity contribution is -0.274. The van der Waals surface area contributed by atoms with Crippen LogP contribution in [0.2, 0.25) is 5.02 Å². The highest BCUT2D eigenvalue weighted by Gasteiger charge is 2.59. The molecule has 0 aromatic heterocycles. The van der Waals surface area contributed by atoms with Crippen molar-refractivity contribution in [2.75, 3.05) is 18.6 Å². The highest BCUT2D eigenvalue weighted by Crippen LogP contribution is 2.51. The van der Waals surface area contributed by atoms with Crippen molar-refractivity contribution >= 4 is 29.2 Å². The number of nitrogens with zero attached hydrogens (tertiary/aromatic N) is 1. The van der Waals surface area contributed by atoms with Gasteiger partial charge in [-0.15, -0.1) is 0 Å². The van der Waals surface area contributed by atoms with Crippen LogP contribution in [0.3, 0.4) is 0 Å². The van der Waals surface area contributed by atoms with Crippen LogP contribution in [0.1, 0.15) is 34.3 Å². The predicted molar refractivity (Wildman–Crippen MR) is 128 cm³/mol. The summed E-state index contributed by atoms with van der Waals surface area (Å²) in [6, 6.07) is 13.9. The van der Waals surface area contributed by atoms with Crippen LogP contribution in [0.4, 0.5) is 18.9 Å². The molecular weight excluding hydrogens is 499 g/mol. The van der Waals surface area contributed by atoms with Gasteiger partial charge in [0.1, 0.15) is 5.75 Å². The molecule has 3 aromatic rings. The van der Waals surface area contributed by atoms with Gasteiger partial charge in [-0.1, -0.05) is 48.9 Å². The average Bonchev–Trinajstić information content (AvgIpc) is 2.84. The van der Waals surface area contributed by atoms with Crippen molar-refractivity contribution in [1.82, 2.24) is 0 Å². The van der Waals surface area contributed by atoms with Gasteiger partial charge in [-0.3, -0.25) is 4.79 Å². The summed E-state index contributed by atoms with van der Waals surface area (Å²) in [5.41, 5.74) is -2.61. The first-order chi connectivity index (χ1) is 16.8. The number of anilines is 1. The van der Waals surface area contributed by atoms with E-state index in [-0.39, 0.29) is 34.2 Å². The van der Waals surface area contributed by atoms with Gasteiger partial charge in [-0.2, -0.15) is 13.2 Å². The van der Waals surface area contributed by atoms with Crippen LogP contribution in [0.25, 0.3) is 11.1 Å². The van der Waals surface area contributed by atoms with Gasteiger partial charge in [-0.25, -0.2) is 4.79 Å². The zero-order valence-corrected chi connectivity index (χ0v) is 19.9. The minimum atomic E-state index is -5.10. The van der Waals surface area contributed by atoms with Gasteiger partial charge in [0, 0.05) is 18.0 Å². The van der Waals surface area contributed by atoms with Crippen molar-refractivity contribution in [2.24, 2.45) is 0 Å². The fraction of sp³-hybridized carbons (Fsp3) is 0.231. The number of alkyl halides is 3. The Kier molecular flexibility index (Phi) is 6.49. The quantitative estimate of drug-likeness (QED) is 0.457. The molecule has 0 radical (unpaired) electrons. The van der Waals surface area contributed by atoms with Gasteiger partial charge in [0.2, 0.25) is 0 Å². The summed E-state index contributed by atoms with van der Waals surface area (Å²) in [6.07, 6.45) is -5.10. The number of aliphatic hydroxyl groups is 1. The predicted octanol–water partition coefficient (Wildman–Crippen LogP) is 5.61. The fourth-order valence-electron chi connectivity index (χ4n) is 4.28. The number of carboxylic acid groups (broad SMARTS) is 1. The van der Waals surface area contributed by atoms with Crippen molar-refractivity contribution in [3.8, 4) is 16.9 Å². The summed E-state index contributed by atoms with van der Waals surface area (Å²) in [5.74, 6) is -2.88. The first-order valence-corrected chi connectivity index (χ1v) is 11.2. The summed E-state index contributed by atoms with van der Waals surface area (Å²) < 4.78 is 48.7. The Morgan fingerprint density at radius 2 is 1.78 bits per heavy atom. The molecule has 10 heteroatoms. The molecule has 2 atom stereocenters. The Hall–Kier alpha value is -3.56. The molecule has 2 unspecified atom stereocenters. The summed E-state index contributed by atoms with van der Waals surface area (Å²) in [4.78, 5) is 24.4. The number of aromatic carboxylic acids is 1. The molecule has 1 amide bonds. The van der Waals surface area contributed by atoms with E-state index < -0.39 is 35.1 Å². The standard InChI is InChI=1S/C26H21ClF3NO5/c1-14(19-8-6-16(11-20(19)27)15-4-3-5-17(10-15)24(33)34)25(35,26(28,29)30)18-7-9-22-21(12-18)31(2)23(32)13-36-22/h3-12,14,35H,13H2,1-2H3,(H,33,34). The molecule has 1 aliphatic rings. The molecule has 3 aromatic carbocycles. The van der Waals surface area contributed by atoms with Crippen molar-refractivity contribution in [3.05, 3.63) is 82.4 Å². The second-order valence-electron chi connectivity index (χ2n) is 8.53. The highest BCUT2D eigenvalue weighted by atomic mass is 35.5. The van der Waals surface area contributed by atoms with E-state index in [1.165, 1.54) is 55.3 Å². The topological polar surface area (TPSA) is 87.1 Å². The third-order valence-corrected chi connectivity index (χ3v) is 6.78. The third-order valence-electron chi connectivity index (χ3n) is 6.45. The number of carboxylic acids is 1. The Labute approximate surface area is 209 Å². The number of halogens is 4. The number of hydrogen-bond acceptors (Lipinski definition) is 4. The van der Waals surface area contributed by atoms with E-state index in [1.54, 1.807) is 12.1 Å². The van der Waals surface area contributed by atoms with Gasteiger partial charge >= 0.3 is 12.1 Å². The Morgan fingerprint density at radius 3 is 2.42 bits per heavy atom. The molecule has 188 valence electrons. The Morgan fingerprint density at radius 1 is 1.08 bits per heavy atom. The number of carbonyl (C=O) groups excluding carboxylic acids is 1. The van der Waals surface area contributed by atoms with Crippen molar-refractivity contribution < 1.29 is 37.7 Å². The van der Waals surface area contributed by atoms with E-state index in [2.05, 4.69) is 0 Å². The third kappa shape index (κ3) is 4.29. The smallest absolute Gasteiger partial charge is 0.422 e. The van der Waals surface area contributed by atoms with Crippen LogP contribution in [0.15, 0.2) is 60.7 Å². The zero-order valence-electron chi connectivity index (χ0n) is 19.1. The number of amides is 1. The van der Waals surface area contributed by atoms with Gasteiger partial charge in [0.05, 0.1) is 11.3 Å². The number of benzene rings is 3. The van der Waals surface area contributed by atoms with Gasteiger partial charge < -0.3 is 19.8 Å². The van der Waals surface area contributed by atoms with Crippen LogP contribution in [-0.2, 0) is 10.4 Å². The maximum Gasteiger partial charge on any atom is 0.422 e. The lowest BCUT2D eigenvalue weighted by atomic mass is 9.77. The molecule has 0 saturated carbocycles. The summed E-state index contributed by atoms with van der Waals surface area (Å²) >= 11 is 6.41. The molecule has 36 heavy (non-hydrogen) atoms. The maximum atomic E-state index is 14.5. The number of likely N-dealkylation sites (N-methyl/N-ethyl adjacent to an activating group) is 1. The fourth-order valence-corrected chi connectivity index (χ4v) is 4.63. The van der Waals surface area contributed by atoms with E-state index in [4.69, 9.17) is 16.3 Å². The van der Waals surface area contributed by atoms with Crippen LogP contribution >= 0.6 is 11.6 Å². The van der Waals surface area contributed by atoms with Crippen LogP contribution < -0.4 is 9.64 Å². The molecule has 0 saturated heterocycles. The maximum absolute atomic E-state index is 14.5. The van der Waals surface area contributed by atoms with Crippen molar-refractivity contribution in [1.29, 1.82) is 0 Å². The first-order valence-electron chi connectivity index (χ1n) is 10.8. The number of carbonyl (C=O) groups is 2. The molecule has 6 nitrogen and oxygen atoms in total. The van der Waals surface area contributed by atoms with Gasteiger partial charge in [0.15, 0.2) is 12.2 Å². The average molecular weight is 520 g/mol. The number of rotatable bonds is 5. The molecule has 0 fully saturated rings. The minimum Gasteiger partial charge on any atom is -0.482 e. The number of hydrogen-bond donors (Lipinski definition) is 2. The lowest BCUT2D eigenvalue weighted by Crippen LogP contribution is -2.47. The highest BCUT2D eigenvalue weighted by molar-refractivity contribution is 6.31. The Bertz CT molecular complexity index is 1360. The van der Waals surface area contributed by atoms with Crippen LogP contribution in [0, 0.1) is 0 Å². The molecular formula is C26H21ClF3NO5. The molecule has 4 rings (SSSR count). The largest absolute Gasteiger partial charge is 0.482 e. The summed E-state index contributed by atoms with van der Waals surface area (Å²) in [5, 5.41) is 20.4. The lowest BCUT2D eigenvalue weighted by Gasteiger charge is -2.38. The number of fused-ring (bicyclic) bond motifs is 1. The monoisotopic (exact) mass is 519 g/mol. The first kappa shape index (κ1) is 25.5.